The van der Waals surface area contributed by atoms with Crippen molar-refractivity contribution in [2.45, 2.75) is 0 Å². The molecule has 5 aromatic rings. The first-order valence-corrected chi connectivity index (χ1v) is 8.65. The Hall–Kier alpha value is -4.13. The van der Waals surface area contributed by atoms with Gasteiger partial charge in [0.25, 0.3) is 0 Å². The van der Waals surface area contributed by atoms with Crippen LogP contribution in [0.1, 0.15) is 0 Å². The average molecular weight is 366 g/mol. The quantitative estimate of drug-likeness (QED) is 0.501. The summed E-state index contributed by atoms with van der Waals surface area (Å²) in [5, 5.41) is 5.35. The van der Waals surface area contributed by atoms with Crippen molar-refractivity contribution in [1.82, 2.24) is 24.9 Å². The van der Waals surface area contributed by atoms with Gasteiger partial charge in [-0.1, -0.05) is 24.3 Å². The maximum absolute atomic E-state index is 5.58. The van der Waals surface area contributed by atoms with E-state index in [9.17, 15) is 0 Å². The van der Waals surface area contributed by atoms with Crippen LogP contribution < -0.4 is 5.32 Å². The van der Waals surface area contributed by atoms with Crippen molar-refractivity contribution in [2.24, 2.45) is 0 Å². The highest BCUT2D eigenvalue weighted by atomic mass is 16.3. The van der Waals surface area contributed by atoms with Crippen LogP contribution in [0.4, 0.5) is 11.6 Å². The van der Waals surface area contributed by atoms with Crippen LogP contribution in [0.5, 0.6) is 0 Å². The van der Waals surface area contributed by atoms with E-state index in [1.165, 1.54) is 6.33 Å². The van der Waals surface area contributed by atoms with E-state index in [1.54, 1.807) is 24.9 Å². The first-order valence-electron chi connectivity index (χ1n) is 8.65. The minimum atomic E-state index is 0.447. The van der Waals surface area contributed by atoms with Crippen molar-refractivity contribution in [1.29, 1.82) is 0 Å². The topological polar surface area (TPSA) is 89.6 Å². The summed E-state index contributed by atoms with van der Waals surface area (Å²) in [5.41, 5.74) is 2.96. The minimum absolute atomic E-state index is 0.447. The Kier molecular flexibility index (Phi) is 3.95. The van der Waals surface area contributed by atoms with Gasteiger partial charge in [-0.15, -0.1) is 0 Å². The van der Waals surface area contributed by atoms with Gasteiger partial charge < -0.3 is 9.73 Å². The highest BCUT2D eigenvalue weighted by molar-refractivity contribution is 5.94. The number of pyridine rings is 1. The lowest BCUT2D eigenvalue weighted by Crippen LogP contribution is -2.01. The zero-order valence-electron chi connectivity index (χ0n) is 14.6. The second-order valence-electron chi connectivity index (χ2n) is 6.06. The summed E-state index contributed by atoms with van der Waals surface area (Å²) in [5.74, 6) is 1.08. The molecule has 0 radical (unpaired) electrons. The van der Waals surface area contributed by atoms with Crippen molar-refractivity contribution >= 4 is 22.4 Å². The van der Waals surface area contributed by atoms with Crippen LogP contribution in [-0.4, -0.2) is 24.9 Å². The number of furan rings is 1. The number of benzene rings is 1. The van der Waals surface area contributed by atoms with Crippen LogP contribution in [0.3, 0.4) is 0 Å². The summed E-state index contributed by atoms with van der Waals surface area (Å²) in [6.07, 6.45) is 10.1. The van der Waals surface area contributed by atoms with Gasteiger partial charge in [0.05, 0.1) is 23.8 Å². The molecule has 0 aliphatic heterocycles. The summed E-state index contributed by atoms with van der Waals surface area (Å²) in [6, 6.07) is 13.5. The number of anilines is 2. The standard InChI is InChI=1S/C21H14N6O/c1-2-5-15-14(4-1)10-23-12-18(15)26-21-24-11-16(17-7-8-22-13-25-17)20(27-21)19-6-3-9-28-19/h1-13H,(H,24,26,27). The molecule has 5 rings (SSSR count). The second-order valence-corrected chi connectivity index (χ2v) is 6.06. The number of hydrogen-bond acceptors (Lipinski definition) is 7. The smallest absolute Gasteiger partial charge is 0.227 e. The normalized spacial score (nSPS) is 10.9. The molecule has 7 nitrogen and oxygen atoms in total. The van der Waals surface area contributed by atoms with Crippen molar-refractivity contribution in [2.75, 3.05) is 5.32 Å². The molecule has 0 saturated carbocycles. The number of nitrogens with one attached hydrogen (secondary N) is 1. The largest absolute Gasteiger partial charge is 0.463 e. The van der Waals surface area contributed by atoms with Crippen LogP contribution >= 0.6 is 0 Å². The molecule has 4 heterocycles. The molecule has 0 spiro atoms. The summed E-state index contributed by atoms with van der Waals surface area (Å²) in [7, 11) is 0. The zero-order valence-corrected chi connectivity index (χ0v) is 14.6. The maximum Gasteiger partial charge on any atom is 0.227 e. The number of fused-ring (bicyclic) bond motifs is 1. The minimum Gasteiger partial charge on any atom is -0.463 e. The molecule has 4 aromatic heterocycles. The summed E-state index contributed by atoms with van der Waals surface area (Å²) in [4.78, 5) is 21.7. The van der Waals surface area contributed by atoms with Gasteiger partial charge in [-0.3, -0.25) is 4.98 Å². The first kappa shape index (κ1) is 16.1. The number of nitrogens with zero attached hydrogens (tertiary/aromatic N) is 5. The van der Waals surface area contributed by atoms with E-state index >= 15 is 0 Å². The third-order valence-electron chi connectivity index (χ3n) is 4.32. The molecule has 0 bridgehead atoms. The molecule has 28 heavy (non-hydrogen) atoms. The van der Waals surface area contributed by atoms with Crippen molar-refractivity contribution < 1.29 is 4.42 Å². The molecule has 0 aliphatic carbocycles. The van der Waals surface area contributed by atoms with E-state index in [0.717, 1.165) is 27.7 Å². The molecule has 1 N–H and O–H groups in total. The van der Waals surface area contributed by atoms with Crippen LogP contribution in [0.25, 0.3) is 33.5 Å². The second kappa shape index (κ2) is 6.88. The van der Waals surface area contributed by atoms with Gasteiger partial charge in [-0.25, -0.2) is 19.9 Å². The lowest BCUT2D eigenvalue weighted by atomic mass is 10.1. The van der Waals surface area contributed by atoms with E-state index in [4.69, 9.17) is 4.42 Å². The molecule has 0 unspecified atom stereocenters. The summed E-state index contributed by atoms with van der Waals surface area (Å²) < 4.78 is 5.58. The van der Waals surface area contributed by atoms with E-state index < -0.39 is 0 Å². The average Bonchev–Trinajstić information content (AvgIpc) is 3.29. The van der Waals surface area contributed by atoms with E-state index in [-0.39, 0.29) is 0 Å². The Morgan fingerprint density at radius 2 is 1.82 bits per heavy atom. The van der Waals surface area contributed by atoms with E-state index in [2.05, 4.69) is 30.2 Å². The monoisotopic (exact) mass is 366 g/mol. The number of hydrogen-bond donors (Lipinski definition) is 1. The van der Waals surface area contributed by atoms with E-state index in [0.29, 0.717) is 17.4 Å². The van der Waals surface area contributed by atoms with Crippen LogP contribution in [-0.2, 0) is 0 Å². The van der Waals surface area contributed by atoms with Gasteiger partial charge >= 0.3 is 0 Å². The molecule has 0 aliphatic rings. The predicted molar refractivity (Wildman–Crippen MR) is 106 cm³/mol. The molecule has 1 aromatic carbocycles. The molecule has 0 fully saturated rings. The van der Waals surface area contributed by atoms with Gasteiger partial charge in [0.15, 0.2) is 5.76 Å². The van der Waals surface area contributed by atoms with Crippen molar-refractivity contribution in [3.05, 3.63) is 79.8 Å². The lowest BCUT2D eigenvalue weighted by molar-refractivity contribution is 0.580. The SMILES string of the molecule is c1coc(-c2nc(Nc3cncc4ccccc34)ncc2-c2ccncn2)c1. The zero-order chi connectivity index (χ0) is 18.8. The fraction of sp³-hybridized carbons (Fsp3) is 0. The van der Waals surface area contributed by atoms with Crippen molar-refractivity contribution in [3.8, 4) is 22.7 Å². The van der Waals surface area contributed by atoms with Gasteiger partial charge in [0, 0.05) is 34.9 Å². The Morgan fingerprint density at radius 3 is 2.68 bits per heavy atom. The third-order valence-corrected chi connectivity index (χ3v) is 4.32. The molecule has 0 amide bonds. The van der Waals surface area contributed by atoms with Crippen LogP contribution in [0.15, 0.2) is 84.3 Å². The van der Waals surface area contributed by atoms with Crippen LogP contribution in [0, 0.1) is 0 Å². The van der Waals surface area contributed by atoms with Crippen molar-refractivity contribution in [3.63, 3.8) is 0 Å². The molecule has 7 heteroatoms. The predicted octanol–water partition coefficient (Wildman–Crippen LogP) is 4.49. The Balaban J connectivity index is 1.61. The Bertz CT molecular complexity index is 1230. The van der Waals surface area contributed by atoms with Gasteiger partial charge in [-0.05, 0) is 18.2 Å². The fourth-order valence-corrected chi connectivity index (χ4v) is 3.02. The lowest BCUT2D eigenvalue weighted by Gasteiger charge is -2.11. The summed E-state index contributed by atoms with van der Waals surface area (Å²) in [6.45, 7) is 0. The first-order chi connectivity index (χ1) is 13.9. The van der Waals surface area contributed by atoms with Crippen LogP contribution in [0.2, 0.25) is 0 Å². The molecule has 0 atom stereocenters. The highest BCUT2D eigenvalue weighted by Crippen LogP contribution is 2.31. The van der Waals surface area contributed by atoms with E-state index in [1.807, 2.05) is 48.7 Å². The molecular formula is C21H14N6O. The number of aromatic nitrogens is 5. The van der Waals surface area contributed by atoms with Gasteiger partial charge in [0.2, 0.25) is 5.95 Å². The molecule has 0 saturated heterocycles. The highest BCUT2D eigenvalue weighted by Gasteiger charge is 2.15. The Labute approximate surface area is 160 Å². The van der Waals surface area contributed by atoms with Gasteiger partial charge in [0.1, 0.15) is 12.0 Å². The molecular weight excluding hydrogens is 352 g/mol. The third kappa shape index (κ3) is 2.95. The molecule has 134 valence electrons. The van der Waals surface area contributed by atoms with Gasteiger partial charge in [-0.2, -0.15) is 0 Å². The Morgan fingerprint density at radius 1 is 0.857 bits per heavy atom. The number of rotatable bonds is 4. The fourth-order valence-electron chi connectivity index (χ4n) is 3.02. The maximum atomic E-state index is 5.58. The summed E-state index contributed by atoms with van der Waals surface area (Å²) >= 11 is 0.